The van der Waals surface area contributed by atoms with E-state index >= 15 is 0 Å². The average molecular weight is 288 g/mol. The van der Waals surface area contributed by atoms with Gasteiger partial charge >= 0.3 is 0 Å². The molecule has 0 amide bonds. The number of anilines is 1. The first-order valence-corrected chi connectivity index (χ1v) is 7.10. The summed E-state index contributed by atoms with van der Waals surface area (Å²) in [5.41, 5.74) is 7.39. The van der Waals surface area contributed by atoms with Crippen LogP contribution in [0.5, 0.6) is 5.75 Å². The van der Waals surface area contributed by atoms with E-state index < -0.39 is 6.10 Å². The number of hydrogen-bond acceptors (Lipinski definition) is 5. The zero-order valence-corrected chi connectivity index (χ0v) is 11.9. The molecule has 1 aliphatic rings. The highest BCUT2D eigenvalue weighted by molar-refractivity contribution is 5.33. The molecule has 3 rings (SSSR count). The fraction of sp³-hybridized carbons (Fsp3) is 0.400. The van der Waals surface area contributed by atoms with Crippen molar-refractivity contribution < 1.29 is 9.84 Å². The van der Waals surface area contributed by atoms with E-state index in [-0.39, 0.29) is 0 Å². The molecule has 6 nitrogen and oxygen atoms in total. The van der Waals surface area contributed by atoms with Crippen LogP contribution in [0.3, 0.4) is 0 Å². The zero-order valence-electron chi connectivity index (χ0n) is 11.9. The van der Waals surface area contributed by atoms with Crippen molar-refractivity contribution in [3.8, 4) is 5.75 Å². The number of benzene rings is 1. The quantitative estimate of drug-likeness (QED) is 0.867. The molecule has 0 saturated carbocycles. The van der Waals surface area contributed by atoms with Crippen molar-refractivity contribution in [1.29, 1.82) is 0 Å². The first-order chi connectivity index (χ1) is 10.2. The van der Waals surface area contributed by atoms with Gasteiger partial charge in [0.25, 0.3) is 0 Å². The predicted octanol–water partition coefficient (Wildman–Crippen LogP) is 0.721. The fourth-order valence-corrected chi connectivity index (χ4v) is 2.59. The monoisotopic (exact) mass is 288 g/mol. The van der Waals surface area contributed by atoms with Gasteiger partial charge in [-0.05, 0) is 6.07 Å². The largest absolute Gasteiger partial charge is 0.492 e. The maximum absolute atomic E-state index is 10.2. The first-order valence-electron chi connectivity index (χ1n) is 7.10. The number of aromatic nitrogens is 2. The number of β-amino-alcohol motifs (C(OH)–C–C–N with tert-alkyl or cyclic N) is 1. The highest BCUT2D eigenvalue weighted by Gasteiger charge is 2.18. The summed E-state index contributed by atoms with van der Waals surface area (Å²) in [5.74, 6) is 0.939. The third kappa shape index (κ3) is 3.53. The molecule has 6 heteroatoms. The van der Waals surface area contributed by atoms with Crippen LogP contribution in [0.25, 0.3) is 0 Å². The molecule has 0 aliphatic carbocycles. The number of nitrogen functional groups attached to an aromatic ring is 1. The summed E-state index contributed by atoms with van der Waals surface area (Å²) in [6.45, 7) is 3.24. The number of ether oxygens (including phenoxy) is 1. The van der Waals surface area contributed by atoms with E-state index in [4.69, 9.17) is 10.5 Å². The summed E-state index contributed by atoms with van der Waals surface area (Å²) in [4.78, 5) is 2.20. The van der Waals surface area contributed by atoms with Gasteiger partial charge < -0.3 is 15.6 Å². The Balaban J connectivity index is 1.60. The maximum atomic E-state index is 10.2. The number of nitrogens with zero attached hydrogens (tertiary/aromatic N) is 3. The Labute approximate surface area is 123 Å². The molecule has 3 N–H and O–H groups in total. The Morgan fingerprint density at radius 3 is 3.00 bits per heavy atom. The average Bonchev–Trinajstić information content (AvgIpc) is 2.74. The molecule has 1 aromatic heterocycles. The Hall–Kier alpha value is -2.05. The van der Waals surface area contributed by atoms with Crippen molar-refractivity contribution in [2.45, 2.75) is 19.2 Å². The minimum absolute atomic E-state index is 0.441. The second-order valence-electron chi connectivity index (χ2n) is 5.34. The van der Waals surface area contributed by atoms with Gasteiger partial charge in [0.1, 0.15) is 12.4 Å². The fourth-order valence-electron chi connectivity index (χ4n) is 2.59. The third-order valence-corrected chi connectivity index (χ3v) is 3.55. The molecule has 0 saturated heterocycles. The summed E-state index contributed by atoms with van der Waals surface area (Å²) >= 11 is 0. The summed E-state index contributed by atoms with van der Waals surface area (Å²) in [7, 11) is 0. The normalized spacial score (nSPS) is 16.8. The van der Waals surface area contributed by atoms with Gasteiger partial charge in [-0.2, -0.15) is 5.10 Å². The van der Waals surface area contributed by atoms with Gasteiger partial charge in [-0.25, -0.2) is 0 Å². The Bertz CT molecular complexity index is 599. The van der Waals surface area contributed by atoms with Gasteiger partial charge in [0.15, 0.2) is 0 Å². The Morgan fingerprint density at radius 1 is 1.33 bits per heavy atom. The van der Waals surface area contributed by atoms with Crippen LogP contribution in [0.4, 0.5) is 5.69 Å². The highest BCUT2D eigenvalue weighted by atomic mass is 16.5. The molecule has 1 atom stereocenters. The molecule has 2 heterocycles. The minimum Gasteiger partial charge on any atom is -0.492 e. The molecule has 0 radical (unpaired) electrons. The van der Waals surface area contributed by atoms with Gasteiger partial charge in [0.05, 0.1) is 24.5 Å². The Morgan fingerprint density at radius 2 is 2.19 bits per heavy atom. The van der Waals surface area contributed by atoms with Crippen molar-refractivity contribution in [3.05, 3.63) is 42.2 Å². The summed E-state index contributed by atoms with van der Waals surface area (Å²) in [6, 6.07) is 8.04. The van der Waals surface area contributed by atoms with Crippen molar-refractivity contribution in [2.24, 2.45) is 0 Å². The molecular formula is C15H20N4O2. The van der Waals surface area contributed by atoms with Crippen LogP contribution in [0.1, 0.15) is 5.56 Å². The molecule has 0 bridgehead atoms. The predicted molar refractivity (Wildman–Crippen MR) is 79.9 cm³/mol. The lowest BCUT2D eigenvalue weighted by Gasteiger charge is -2.22. The van der Waals surface area contributed by atoms with Gasteiger partial charge in [0, 0.05) is 31.4 Å². The standard InChI is InChI=1S/C15H20N4O2/c16-13-7-17-19(9-13)11-14(20)10-18-5-6-21-15-4-2-1-3-12(15)8-18/h1-4,7,9,14,20H,5-6,8,10-11,16H2. The highest BCUT2D eigenvalue weighted by Crippen LogP contribution is 2.22. The lowest BCUT2D eigenvalue weighted by Crippen LogP contribution is -2.35. The van der Waals surface area contributed by atoms with E-state index in [0.29, 0.717) is 25.4 Å². The number of para-hydroxylation sites is 1. The molecule has 1 aromatic carbocycles. The van der Waals surface area contributed by atoms with Crippen LogP contribution < -0.4 is 10.5 Å². The number of aliphatic hydroxyl groups is 1. The molecule has 0 fully saturated rings. The van der Waals surface area contributed by atoms with Crippen LogP contribution >= 0.6 is 0 Å². The molecule has 2 aromatic rings. The second kappa shape index (κ2) is 6.15. The maximum Gasteiger partial charge on any atom is 0.123 e. The minimum atomic E-state index is -0.491. The molecule has 1 aliphatic heterocycles. The van der Waals surface area contributed by atoms with Crippen molar-refractivity contribution >= 4 is 5.69 Å². The third-order valence-electron chi connectivity index (χ3n) is 3.55. The van der Waals surface area contributed by atoms with E-state index in [1.165, 1.54) is 0 Å². The zero-order chi connectivity index (χ0) is 14.7. The topological polar surface area (TPSA) is 76.5 Å². The van der Waals surface area contributed by atoms with Crippen LogP contribution in [-0.4, -0.2) is 45.6 Å². The van der Waals surface area contributed by atoms with Crippen LogP contribution in [0, 0.1) is 0 Å². The number of aliphatic hydroxyl groups excluding tert-OH is 1. The summed E-state index contributed by atoms with van der Waals surface area (Å²) in [5, 5.41) is 14.3. The van der Waals surface area contributed by atoms with Crippen LogP contribution in [-0.2, 0) is 13.1 Å². The van der Waals surface area contributed by atoms with Gasteiger partial charge in [-0.15, -0.1) is 0 Å². The van der Waals surface area contributed by atoms with Crippen molar-refractivity contribution in [1.82, 2.24) is 14.7 Å². The van der Waals surface area contributed by atoms with Crippen LogP contribution in [0.2, 0.25) is 0 Å². The molecule has 21 heavy (non-hydrogen) atoms. The van der Waals surface area contributed by atoms with Gasteiger partial charge in [-0.1, -0.05) is 18.2 Å². The van der Waals surface area contributed by atoms with E-state index in [0.717, 1.165) is 24.4 Å². The van der Waals surface area contributed by atoms with E-state index in [1.807, 2.05) is 18.2 Å². The smallest absolute Gasteiger partial charge is 0.123 e. The first kappa shape index (κ1) is 13.9. The molecule has 112 valence electrons. The summed E-state index contributed by atoms with van der Waals surface area (Å²) in [6.07, 6.45) is 2.82. The summed E-state index contributed by atoms with van der Waals surface area (Å²) < 4.78 is 7.39. The van der Waals surface area contributed by atoms with E-state index in [9.17, 15) is 5.11 Å². The van der Waals surface area contributed by atoms with E-state index in [1.54, 1.807) is 17.1 Å². The van der Waals surface area contributed by atoms with Crippen molar-refractivity contribution in [2.75, 3.05) is 25.4 Å². The second-order valence-corrected chi connectivity index (χ2v) is 5.34. The number of hydrogen-bond donors (Lipinski definition) is 2. The number of nitrogens with two attached hydrogens (primary N) is 1. The molecule has 1 unspecified atom stereocenters. The molecular weight excluding hydrogens is 268 g/mol. The van der Waals surface area contributed by atoms with Crippen molar-refractivity contribution in [3.63, 3.8) is 0 Å². The SMILES string of the molecule is Nc1cnn(CC(O)CN2CCOc3ccccc3C2)c1. The van der Waals surface area contributed by atoms with Gasteiger partial charge in [-0.3, -0.25) is 9.58 Å². The van der Waals surface area contributed by atoms with E-state index in [2.05, 4.69) is 16.1 Å². The molecule has 0 spiro atoms. The van der Waals surface area contributed by atoms with Gasteiger partial charge in [0.2, 0.25) is 0 Å². The van der Waals surface area contributed by atoms with Crippen LogP contribution in [0.15, 0.2) is 36.7 Å². The lowest BCUT2D eigenvalue weighted by atomic mass is 10.2. The number of rotatable bonds is 4. The number of fused-ring (bicyclic) bond motifs is 1. The Kier molecular flexibility index (Phi) is 4.08. The lowest BCUT2D eigenvalue weighted by molar-refractivity contribution is 0.0884.